The van der Waals surface area contributed by atoms with Crippen LogP contribution < -0.4 is 4.74 Å². The largest absolute Gasteiger partial charge is 0.484 e. The molecule has 6 heteroatoms. The van der Waals surface area contributed by atoms with Crippen LogP contribution in [0.25, 0.3) is 0 Å². The van der Waals surface area contributed by atoms with E-state index in [0.717, 1.165) is 5.56 Å². The highest BCUT2D eigenvalue weighted by Crippen LogP contribution is 2.24. The maximum Gasteiger partial charge on any atom is 0.260 e. The van der Waals surface area contributed by atoms with Crippen molar-refractivity contribution in [2.75, 3.05) is 26.3 Å². The van der Waals surface area contributed by atoms with Gasteiger partial charge in [-0.2, -0.15) is 0 Å². The molecule has 1 saturated heterocycles. The van der Waals surface area contributed by atoms with Gasteiger partial charge in [0.15, 0.2) is 6.61 Å². The Morgan fingerprint density at radius 1 is 1.08 bits per heavy atom. The molecule has 1 fully saturated rings. The van der Waals surface area contributed by atoms with Crippen LogP contribution in [0.2, 0.25) is 10.0 Å². The Kier molecular flexibility index (Phi) is 5.61. The van der Waals surface area contributed by atoms with Gasteiger partial charge in [-0.25, -0.2) is 0 Å². The van der Waals surface area contributed by atoms with Crippen LogP contribution in [0, 0.1) is 0 Å². The minimum atomic E-state index is -0.143. The van der Waals surface area contributed by atoms with Crippen LogP contribution in [0.1, 0.15) is 11.7 Å². The van der Waals surface area contributed by atoms with Crippen molar-refractivity contribution in [1.29, 1.82) is 0 Å². The normalized spacial score (nSPS) is 17.6. The fraction of sp³-hybridized carbons (Fsp3) is 0.278. The standard InChI is InChI=1S/C18H17Cl2NO3/c19-14-3-1-13(2-4-14)17-11-21(9-10-23-17)18(22)12-24-16-7-5-15(20)6-8-16/h1-8,17H,9-12H2. The number of benzene rings is 2. The first-order chi connectivity index (χ1) is 11.6. The van der Waals surface area contributed by atoms with E-state index in [0.29, 0.717) is 35.5 Å². The summed E-state index contributed by atoms with van der Waals surface area (Å²) in [4.78, 5) is 14.1. The predicted molar refractivity (Wildman–Crippen MR) is 93.7 cm³/mol. The van der Waals surface area contributed by atoms with Crippen molar-refractivity contribution in [3.63, 3.8) is 0 Å². The summed E-state index contributed by atoms with van der Waals surface area (Å²) in [6.45, 7) is 1.56. The number of rotatable bonds is 4. The van der Waals surface area contributed by atoms with Crippen molar-refractivity contribution in [3.8, 4) is 5.75 Å². The molecular weight excluding hydrogens is 349 g/mol. The molecule has 2 aromatic carbocycles. The van der Waals surface area contributed by atoms with Crippen LogP contribution >= 0.6 is 23.2 Å². The third kappa shape index (κ3) is 4.41. The maximum absolute atomic E-state index is 12.4. The third-order valence-corrected chi connectivity index (χ3v) is 4.34. The van der Waals surface area contributed by atoms with E-state index in [2.05, 4.69) is 0 Å². The number of carbonyl (C=O) groups excluding carboxylic acids is 1. The highest BCUT2D eigenvalue weighted by Gasteiger charge is 2.25. The van der Waals surface area contributed by atoms with Gasteiger partial charge in [0.05, 0.1) is 13.2 Å². The number of halogens is 2. The number of morpholine rings is 1. The molecule has 2 aromatic rings. The summed E-state index contributed by atoms with van der Waals surface area (Å²) in [7, 11) is 0. The van der Waals surface area contributed by atoms with E-state index in [9.17, 15) is 4.79 Å². The molecule has 0 saturated carbocycles. The number of amides is 1. The van der Waals surface area contributed by atoms with Crippen LogP contribution in [-0.4, -0.2) is 37.1 Å². The number of nitrogens with zero attached hydrogens (tertiary/aromatic N) is 1. The number of hydrogen-bond donors (Lipinski definition) is 0. The van der Waals surface area contributed by atoms with Gasteiger partial charge >= 0.3 is 0 Å². The average Bonchev–Trinajstić information content (AvgIpc) is 2.62. The second-order valence-electron chi connectivity index (χ2n) is 5.49. The Balaban J connectivity index is 1.56. The zero-order valence-corrected chi connectivity index (χ0v) is 14.5. The average molecular weight is 366 g/mol. The molecule has 1 unspecified atom stereocenters. The first-order valence-electron chi connectivity index (χ1n) is 7.65. The maximum atomic E-state index is 12.4. The Morgan fingerprint density at radius 2 is 1.71 bits per heavy atom. The molecule has 1 heterocycles. The molecule has 4 nitrogen and oxygen atoms in total. The molecular formula is C18H17Cl2NO3. The minimum Gasteiger partial charge on any atom is -0.484 e. The second-order valence-corrected chi connectivity index (χ2v) is 6.37. The first kappa shape index (κ1) is 17.1. The summed E-state index contributed by atoms with van der Waals surface area (Å²) >= 11 is 11.7. The van der Waals surface area contributed by atoms with Gasteiger partial charge in [-0.05, 0) is 42.0 Å². The minimum absolute atomic E-state index is 0.00499. The van der Waals surface area contributed by atoms with Crippen molar-refractivity contribution < 1.29 is 14.3 Å². The van der Waals surface area contributed by atoms with Crippen molar-refractivity contribution >= 4 is 29.1 Å². The third-order valence-electron chi connectivity index (χ3n) is 3.84. The second kappa shape index (κ2) is 7.88. The van der Waals surface area contributed by atoms with Gasteiger partial charge in [0.2, 0.25) is 0 Å². The summed E-state index contributed by atoms with van der Waals surface area (Å²) < 4.78 is 11.3. The Hall–Kier alpha value is -1.75. The van der Waals surface area contributed by atoms with Gasteiger partial charge in [-0.1, -0.05) is 35.3 Å². The van der Waals surface area contributed by atoms with Crippen LogP contribution in [-0.2, 0) is 9.53 Å². The summed E-state index contributed by atoms with van der Waals surface area (Å²) in [5, 5.41) is 1.31. The lowest BCUT2D eigenvalue weighted by molar-refractivity contribution is -0.141. The van der Waals surface area contributed by atoms with Gasteiger partial charge in [-0.15, -0.1) is 0 Å². The number of carbonyl (C=O) groups is 1. The molecule has 1 aliphatic rings. The lowest BCUT2D eigenvalue weighted by Crippen LogP contribution is -2.44. The van der Waals surface area contributed by atoms with E-state index in [1.165, 1.54) is 0 Å². The lowest BCUT2D eigenvalue weighted by atomic mass is 10.1. The van der Waals surface area contributed by atoms with E-state index < -0.39 is 0 Å². The molecule has 0 aliphatic carbocycles. The molecule has 1 aliphatic heterocycles. The van der Waals surface area contributed by atoms with Gasteiger partial charge < -0.3 is 14.4 Å². The molecule has 0 spiro atoms. The topological polar surface area (TPSA) is 38.8 Å². The molecule has 126 valence electrons. The predicted octanol–water partition coefficient (Wildman–Crippen LogP) is 3.97. The van der Waals surface area contributed by atoms with Gasteiger partial charge in [0.25, 0.3) is 5.91 Å². The molecule has 1 amide bonds. The fourth-order valence-electron chi connectivity index (χ4n) is 2.52. The van der Waals surface area contributed by atoms with Gasteiger partial charge in [-0.3, -0.25) is 4.79 Å². The quantitative estimate of drug-likeness (QED) is 0.822. The van der Waals surface area contributed by atoms with Gasteiger partial charge in [0, 0.05) is 16.6 Å². The highest BCUT2D eigenvalue weighted by atomic mass is 35.5. The van der Waals surface area contributed by atoms with Gasteiger partial charge in [0.1, 0.15) is 11.9 Å². The van der Waals surface area contributed by atoms with E-state index in [1.54, 1.807) is 29.2 Å². The smallest absolute Gasteiger partial charge is 0.260 e. The number of ether oxygens (including phenoxy) is 2. The zero-order chi connectivity index (χ0) is 16.9. The summed E-state index contributed by atoms with van der Waals surface area (Å²) in [6.07, 6.45) is -0.143. The Labute approximate surface area is 150 Å². The van der Waals surface area contributed by atoms with E-state index in [4.69, 9.17) is 32.7 Å². The van der Waals surface area contributed by atoms with Crippen LogP contribution in [0.4, 0.5) is 0 Å². The van der Waals surface area contributed by atoms with Crippen LogP contribution in [0.15, 0.2) is 48.5 Å². The number of hydrogen-bond acceptors (Lipinski definition) is 3. The van der Waals surface area contributed by atoms with E-state index in [-0.39, 0.29) is 18.6 Å². The lowest BCUT2D eigenvalue weighted by Gasteiger charge is -2.33. The molecule has 1 atom stereocenters. The highest BCUT2D eigenvalue weighted by molar-refractivity contribution is 6.30. The Bertz CT molecular complexity index is 688. The molecule has 0 N–H and O–H groups in total. The SMILES string of the molecule is O=C(COc1ccc(Cl)cc1)N1CCOC(c2ccc(Cl)cc2)C1. The summed E-state index contributed by atoms with van der Waals surface area (Å²) in [5.74, 6) is 0.558. The van der Waals surface area contributed by atoms with Crippen molar-refractivity contribution in [2.45, 2.75) is 6.10 Å². The van der Waals surface area contributed by atoms with Crippen LogP contribution in [0.3, 0.4) is 0 Å². The van der Waals surface area contributed by atoms with Crippen molar-refractivity contribution in [2.24, 2.45) is 0 Å². The van der Waals surface area contributed by atoms with E-state index in [1.807, 2.05) is 24.3 Å². The molecule has 3 rings (SSSR count). The van der Waals surface area contributed by atoms with E-state index >= 15 is 0 Å². The first-order valence-corrected chi connectivity index (χ1v) is 8.40. The molecule has 0 bridgehead atoms. The van der Waals surface area contributed by atoms with Crippen LogP contribution in [0.5, 0.6) is 5.75 Å². The monoisotopic (exact) mass is 365 g/mol. The zero-order valence-electron chi connectivity index (χ0n) is 13.0. The summed E-state index contributed by atoms with van der Waals surface area (Å²) in [5.41, 5.74) is 1.01. The molecule has 0 radical (unpaired) electrons. The fourth-order valence-corrected chi connectivity index (χ4v) is 2.77. The van der Waals surface area contributed by atoms with Crippen molar-refractivity contribution in [3.05, 3.63) is 64.1 Å². The summed E-state index contributed by atoms with van der Waals surface area (Å²) in [6, 6.07) is 14.4. The van der Waals surface area contributed by atoms with Crippen molar-refractivity contribution in [1.82, 2.24) is 4.90 Å². The molecule has 24 heavy (non-hydrogen) atoms. The molecule has 0 aromatic heterocycles. The Morgan fingerprint density at radius 3 is 2.38 bits per heavy atom.